The monoisotopic (exact) mass is 213 g/mol. The Kier molecular flexibility index (Phi) is 3.33. The van der Waals surface area contributed by atoms with Crippen LogP contribution in [-0.2, 0) is 0 Å². The van der Waals surface area contributed by atoms with E-state index in [9.17, 15) is 9.59 Å². The van der Waals surface area contributed by atoms with Crippen LogP contribution in [0.4, 0.5) is 9.59 Å². The molecule has 1 aliphatic rings. The quantitative estimate of drug-likeness (QED) is 0.649. The second kappa shape index (κ2) is 4.50. The van der Waals surface area contributed by atoms with Crippen molar-refractivity contribution in [2.24, 2.45) is 0 Å². The van der Waals surface area contributed by atoms with E-state index in [1.54, 1.807) is 0 Å². The molecule has 82 valence electrons. The van der Waals surface area contributed by atoms with Crippen molar-refractivity contribution < 1.29 is 19.8 Å². The number of nitrogens with zero attached hydrogens (tertiary/aromatic N) is 3. The maximum Gasteiger partial charge on any atom is 0.407 e. The Hall–Kier alpha value is -1.97. The predicted octanol–water partition coefficient (Wildman–Crippen LogP) is 0.242. The third-order valence-electron chi connectivity index (χ3n) is 2.33. The van der Waals surface area contributed by atoms with Crippen LogP contribution in [0, 0.1) is 11.3 Å². The lowest BCUT2D eigenvalue weighted by Crippen LogP contribution is -2.55. The molecular formula is C8H11N3O4. The predicted molar refractivity (Wildman–Crippen MR) is 48.3 cm³/mol. The van der Waals surface area contributed by atoms with Crippen LogP contribution in [-0.4, -0.2) is 57.9 Å². The van der Waals surface area contributed by atoms with Gasteiger partial charge in [0.2, 0.25) is 0 Å². The topological polar surface area (TPSA) is 105 Å². The SMILES string of the molecule is N#CC[C@H]1CN(C(=O)O)CCN1C(=O)O. The Morgan fingerprint density at radius 1 is 1.33 bits per heavy atom. The van der Waals surface area contributed by atoms with Gasteiger partial charge in [0.25, 0.3) is 0 Å². The molecule has 1 atom stereocenters. The van der Waals surface area contributed by atoms with Crippen molar-refractivity contribution in [3.05, 3.63) is 0 Å². The number of nitriles is 1. The zero-order valence-electron chi connectivity index (χ0n) is 7.96. The van der Waals surface area contributed by atoms with Crippen molar-refractivity contribution in [1.29, 1.82) is 5.26 Å². The molecule has 0 aromatic heterocycles. The number of rotatable bonds is 1. The van der Waals surface area contributed by atoms with Gasteiger partial charge in [-0.05, 0) is 0 Å². The highest BCUT2D eigenvalue weighted by molar-refractivity contribution is 5.68. The van der Waals surface area contributed by atoms with Crippen LogP contribution in [0.1, 0.15) is 6.42 Å². The maximum atomic E-state index is 10.8. The zero-order chi connectivity index (χ0) is 11.4. The first-order valence-electron chi connectivity index (χ1n) is 4.40. The Balaban J connectivity index is 2.69. The molecule has 2 amide bonds. The van der Waals surface area contributed by atoms with Gasteiger partial charge < -0.3 is 20.0 Å². The van der Waals surface area contributed by atoms with Gasteiger partial charge in [-0.3, -0.25) is 0 Å². The molecule has 1 fully saturated rings. The molecule has 0 bridgehead atoms. The van der Waals surface area contributed by atoms with Crippen molar-refractivity contribution in [3.63, 3.8) is 0 Å². The molecule has 0 unspecified atom stereocenters. The fourth-order valence-corrected chi connectivity index (χ4v) is 1.56. The highest BCUT2D eigenvalue weighted by Crippen LogP contribution is 2.12. The highest BCUT2D eigenvalue weighted by atomic mass is 16.4. The van der Waals surface area contributed by atoms with Crippen molar-refractivity contribution in [2.45, 2.75) is 12.5 Å². The van der Waals surface area contributed by atoms with Crippen molar-refractivity contribution in [2.75, 3.05) is 19.6 Å². The fourth-order valence-electron chi connectivity index (χ4n) is 1.56. The molecular weight excluding hydrogens is 202 g/mol. The van der Waals surface area contributed by atoms with Crippen molar-refractivity contribution in [3.8, 4) is 6.07 Å². The van der Waals surface area contributed by atoms with Crippen LogP contribution in [0.15, 0.2) is 0 Å². The van der Waals surface area contributed by atoms with E-state index in [4.69, 9.17) is 15.5 Å². The molecule has 7 heteroatoms. The van der Waals surface area contributed by atoms with E-state index in [1.807, 2.05) is 6.07 Å². The van der Waals surface area contributed by atoms with E-state index < -0.39 is 18.2 Å². The van der Waals surface area contributed by atoms with Crippen LogP contribution in [0.25, 0.3) is 0 Å². The summed E-state index contributed by atoms with van der Waals surface area (Å²) in [5.74, 6) is 0. The average Bonchev–Trinajstić information content (AvgIpc) is 2.17. The lowest BCUT2D eigenvalue weighted by atomic mass is 10.1. The summed E-state index contributed by atoms with van der Waals surface area (Å²) in [5, 5.41) is 26.0. The summed E-state index contributed by atoms with van der Waals surface area (Å²) in [7, 11) is 0. The van der Waals surface area contributed by atoms with Gasteiger partial charge in [-0.25, -0.2) is 9.59 Å². The second-order valence-electron chi connectivity index (χ2n) is 3.22. The molecule has 15 heavy (non-hydrogen) atoms. The number of hydrogen-bond donors (Lipinski definition) is 2. The van der Waals surface area contributed by atoms with Crippen LogP contribution in [0.5, 0.6) is 0 Å². The highest BCUT2D eigenvalue weighted by Gasteiger charge is 2.31. The molecule has 0 aliphatic carbocycles. The lowest BCUT2D eigenvalue weighted by molar-refractivity contribution is 0.0651. The largest absolute Gasteiger partial charge is 0.465 e. The molecule has 1 saturated heterocycles. The van der Waals surface area contributed by atoms with E-state index in [0.717, 1.165) is 9.80 Å². The van der Waals surface area contributed by atoms with E-state index in [1.165, 1.54) is 0 Å². The van der Waals surface area contributed by atoms with Gasteiger partial charge in [0.05, 0.1) is 18.5 Å². The van der Waals surface area contributed by atoms with Gasteiger partial charge in [-0.2, -0.15) is 5.26 Å². The van der Waals surface area contributed by atoms with E-state index in [-0.39, 0.29) is 26.1 Å². The summed E-state index contributed by atoms with van der Waals surface area (Å²) in [4.78, 5) is 23.7. The molecule has 0 spiro atoms. The molecule has 1 aliphatic heterocycles. The van der Waals surface area contributed by atoms with E-state index in [2.05, 4.69) is 0 Å². The van der Waals surface area contributed by atoms with Crippen molar-refractivity contribution in [1.82, 2.24) is 9.80 Å². The normalized spacial score (nSPS) is 20.9. The van der Waals surface area contributed by atoms with Crippen LogP contribution in [0.2, 0.25) is 0 Å². The summed E-state index contributed by atoms with van der Waals surface area (Å²) in [6, 6.07) is 1.30. The smallest absolute Gasteiger partial charge is 0.407 e. The summed E-state index contributed by atoms with van der Waals surface area (Å²) >= 11 is 0. The van der Waals surface area contributed by atoms with Gasteiger partial charge in [-0.15, -0.1) is 0 Å². The number of amides is 2. The van der Waals surface area contributed by atoms with Crippen molar-refractivity contribution >= 4 is 12.2 Å². The fraction of sp³-hybridized carbons (Fsp3) is 0.625. The first-order chi connectivity index (χ1) is 7.06. The maximum absolute atomic E-state index is 10.8. The molecule has 0 aromatic carbocycles. The number of carboxylic acid groups (broad SMARTS) is 2. The first kappa shape index (κ1) is 11.1. The van der Waals surface area contributed by atoms with Crippen LogP contribution < -0.4 is 0 Å². The molecule has 7 nitrogen and oxygen atoms in total. The minimum absolute atomic E-state index is 0.0100. The Morgan fingerprint density at radius 2 is 2.00 bits per heavy atom. The third-order valence-corrected chi connectivity index (χ3v) is 2.33. The van der Waals surface area contributed by atoms with Gasteiger partial charge in [-0.1, -0.05) is 0 Å². The first-order valence-corrected chi connectivity index (χ1v) is 4.40. The van der Waals surface area contributed by atoms with Gasteiger partial charge in [0, 0.05) is 19.6 Å². The second-order valence-corrected chi connectivity index (χ2v) is 3.22. The molecule has 0 radical (unpaired) electrons. The van der Waals surface area contributed by atoms with Crippen LogP contribution in [0.3, 0.4) is 0 Å². The minimum Gasteiger partial charge on any atom is -0.465 e. The number of piperazine rings is 1. The van der Waals surface area contributed by atoms with Gasteiger partial charge >= 0.3 is 12.2 Å². The summed E-state index contributed by atoms with van der Waals surface area (Å²) in [5.41, 5.74) is 0. The average molecular weight is 213 g/mol. The Labute approximate surface area is 86.1 Å². The molecule has 2 N–H and O–H groups in total. The summed E-state index contributed by atoms with van der Waals surface area (Å²) in [6.07, 6.45) is -2.18. The third kappa shape index (κ3) is 2.49. The Morgan fingerprint density at radius 3 is 2.47 bits per heavy atom. The van der Waals surface area contributed by atoms with Gasteiger partial charge in [0.15, 0.2) is 0 Å². The van der Waals surface area contributed by atoms with Gasteiger partial charge in [0.1, 0.15) is 0 Å². The summed E-state index contributed by atoms with van der Waals surface area (Å²) in [6.45, 7) is 0.340. The zero-order valence-corrected chi connectivity index (χ0v) is 7.96. The number of hydrogen-bond acceptors (Lipinski definition) is 3. The molecule has 1 rings (SSSR count). The summed E-state index contributed by atoms with van der Waals surface area (Å²) < 4.78 is 0. The number of carbonyl (C=O) groups is 2. The molecule has 0 saturated carbocycles. The van der Waals surface area contributed by atoms with E-state index >= 15 is 0 Å². The molecule has 0 aromatic rings. The Bertz CT molecular complexity index is 311. The molecule has 1 heterocycles. The van der Waals surface area contributed by atoms with Crippen LogP contribution >= 0.6 is 0 Å². The minimum atomic E-state index is -1.11. The van der Waals surface area contributed by atoms with E-state index in [0.29, 0.717) is 0 Å². The lowest BCUT2D eigenvalue weighted by Gasteiger charge is -2.37. The standard InChI is InChI=1S/C8H11N3O4/c9-2-1-6-5-10(7(12)13)3-4-11(6)8(14)15/h6H,1,3-5H2,(H,12,13)(H,14,15)/t6-/m0/s1.